The second kappa shape index (κ2) is 8.52. The molecule has 0 aromatic carbocycles. The van der Waals surface area contributed by atoms with Crippen molar-refractivity contribution in [3.8, 4) is 0 Å². The third-order valence-corrected chi connectivity index (χ3v) is 2.24. The van der Waals surface area contributed by atoms with Crippen molar-refractivity contribution in [3.05, 3.63) is 0 Å². The average Bonchev–Trinajstić information content (AvgIpc) is 2.16. The maximum atomic E-state index is 5.63. The van der Waals surface area contributed by atoms with Gasteiger partial charge in [-0.3, -0.25) is 4.84 Å². The summed E-state index contributed by atoms with van der Waals surface area (Å²) in [7, 11) is 0. The van der Waals surface area contributed by atoms with Gasteiger partial charge in [0.2, 0.25) is 0 Å². The Hall–Kier alpha value is -0.0800. The summed E-state index contributed by atoms with van der Waals surface area (Å²) < 4.78 is 0. The van der Waals surface area contributed by atoms with Crippen LogP contribution in [0.25, 0.3) is 0 Å². The quantitative estimate of drug-likeness (QED) is 0.541. The van der Waals surface area contributed by atoms with Crippen LogP contribution >= 0.6 is 0 Å². The summed E-state index contributed by atoms with van der Waals surface area (Å²) in [6.07, 6.45) is 4.91. The fourth-order valence-electron chi connectivity index (χ4n) is 1.38. The van der Waals surface area contributed by atoms with Crippen molar-refractivity contribution in [1.29, 1.82) is 0 Å². The zero-order valence-electron chi connectivity index (χ0n) is 9.68. The molecule has 2 heteroatoms. The lowest BCUT2D eigenvalue weighted by Crippen LogP contribution is -2.33. The van der Waals surface area contributed by atoms with Gasteiger partial charge in [-0.15, -0.1) is 0 Å². The van der Waals surface area contributed by atoms with Crippen LogP contribution in [0, 0.1) is 0 Å². The van der Waals surface area contributed by atoms with E-state index < -0.39 is 0 Å². The molecule has 0 N–H and O–H groups in total. The second-order valence-corrected chi connectivity index (χ2v) is 3.56. The Kier molecular flexibility index (Phi) is 8.46. The zero-order valence-corrected chi connectivity index (χ0v) is 9.68. The van der Waals surface area contributed by atoms with E-state index in [-0.39, 0.29) is 0 Å². The van der Waals surface area contributed by atoms with Gasteiger partial charge in [0.05, 0.1) is 6.61 Å². The first-order chi connectivity index (χ1) is 6.26. The second-order valence-electron chi connectivity index (χ2n) is 3.56. The topological polar surface area (TPSA) is 12.5 Å². The molecule has 0 aliphatic heterocycles. The van der Waals surface area contributed by atoms with Crippen molar-refractivity contribution in [2.75, 3.05) is 13.2 Å². The number of rotatable bonds is 8. The predicted molar refractivity (Wildman–Crippen MR) is 57.6 cm³/mol. The highest BCUT2D eigenvalue weighted by atomic mass is 16.7. The maximum Gasteiger partial charge on any atom is 0.0682 e. The first-order valence-electron chi connectivity index (χ1n) is 5.65. The van der Waals surface area contributed by atoms with Crippen LogP contribution in [0.15, 0.2) is 0 Å². The summed E-state index contributed by atoms with van der Waals surface area (Å²) in [4.78, 5) is 5.63. The summed E-state index contributed by atoms with van der Waals surface area (Å²) >= 11 is 0. The molecule has 0 amide bonds. The Morgan fingerprint density at radius 3 is 2.31 bits per heavy atom. The fraction of sp³-hybridized carbons (Fsp3) is 1.00. The SMILES string of the molecule is CCCCC(C)N(CC)OCCC. The molecule has 0 spiro atoms. The molecule has 0 saturated carbocycles. The van der Waals surface area contributed by atoms with Gasteiger partial charge in [-0.2, -0.15) is 5.06 Å². The van der Waals surface area contributed by atoms with Crippen molar-refractivity contribution < 1.29 is 4.84 Å². The fourth-order valence-corrected chi connectivity index (χ4v) is 1.38. The molecule has 0 rings (SSSR count). The zero-order chi connectivity index (χ0) is 10.1. The molecule has 0 heterocycles. The number of hydrogen-bond donors (Lipinski definition) is 0. The molecule has 0 aliphatic carbocycles. The van der Waals surface area contributed by atoms with Crippen LogP contribution in [0.2, 0.25) is 0 Å². The highest BCUT2D eigenvalue weighted by Gasteiger charge is 2.10. The number of hydrogen-bond acceptors (Lipinski definition) is 2. The van der Waals surface area contributed by atoms with Gasteiger partial charge in [0.1, 0.15) is 0 Å². The Labute approximate surface area is 83.2 Å². The standard InChI is InChI=1S/C11H25NO/c1-5-8-9-11(4)12(7-3)13-10-6-2/h11H,5-10H2,1-4H3. The van der Waals surface area contributed by atoms with Gasteiger partial charge in [-0.05, 0) is 19.8 Å². The monoisotopic (exact) mass is 187 g/mol. The molecular formula is C11H25NO. The average molecular weight is 187 g/mol. The summed E-state index contributed by atoms with van der Waals surface area (Å²) in [6.45, 7) is 10.6. The maximum absolute atomic E-state index is 5.63. The van der Waals surface area contributed by atoms with Crippen LogP contribution < -0.4 is 0 Å². The van der Waals surface area contributed by atoms with Crippen LogP contribution in [-0.2, 0) is 4.84 Å². The van der Waals surface area contributed by atoms with Crippen LogP contribution in [0.3, 0.4) is 0 Å². The molecule has 13 heavy (non-hydrogen) atoms. The third kappa shape index (κ3) is 6.05. The molecule has 0 aromatic rings. The molecule has 0 saturated heterocycles. The molecule has 0 aromatic heterocycles. The number of hydroxylamine groups is 2. The summed E-state index contributed by atoms with van der Waals surface area (Å²) in [6, 6.07) is 0.566. The Morgan fingerprint density at radius 1 is 1.15 bits per heavy atom. The minimum atomic E-state index is 0.566. The van der Waals surface area contributed by atoms with E-state index in [1.807, 2.05) is 0 Å². The number of unbranched alkanes of at least 4 members (excludes halogenated alkanes) is 1. The van der Waals surface area contributed by atoms with Crippen molar-refractivity contribution in [2.45, 2.75) is 59.4 Å². The van der Waals surface area contributed by atoms with E-state index in [2.05, 4.69) is 32.8 Å². The van der Waals surface area contributed by atoms with E-state index in [1.54, 1.807) is 0 Å². The van der Waals surface area contributed by atoms with Crippen LogP contribution in [0.4, 0.5) is 0 Å². The minimum absolute atomic E-state index is 0.566. The Balaban J connectivity index is 3.63. The van der Waals surface area contributed by atoms with E-state index in [9.17, 15) is 0 Å². The largest absolute Gasteiger partial charge is 0.299 e. The minimum Gasteiger partial charge on any atom is -0.299 e. The molecule has 1 unspecified atom stereocenters. The Morgan fingerprint density at radius 2 is 1.85 bits per heavy atom. The van der Waals surface area contributed by atoms with Crippen molar-refractivity contribution in [2.24, 2.45) is 0 Å². The lowest BCUT2D eigenvalue weighted by molar-refractivity contribution is -0.181. The van der Waals surface area contributed by atoms with Crippen LogP contribution in [0.5, 0.6) is 0 Å². The third-order valence-electron chi connectivity index (χ3n) is 2.24. The van der Waals surface area contributed by atoms with E-state index in [1.165, 1.54) is 19.3 Å². The van der Waals surface area contributed by atoms with Gasteiger partial charge in [0, 0.05) is 12.6 Å². The van der Waals surface area contributed by atoms with Gasteiger partial charge in [0.25, 0.3) is 0 Å². The van der Waals surface area contributed by atoms with Crippen LogP contribution in [0.1, 0.15) is 53.4 Å². The van der Waals surface area contributed by atoms with Gasteiger partial charge >= 0.3 is 0 Å². The van der Waals surface area contributed by atoms with E-state index in [4.69, 9.17) is 4.84 Å². The molecule has 80 valence electrons. The number of nitrogens with zero attached hydrogens (tertiary/aromatic N) is 1. The normalized spacial score (nSPS) is 13.6. The predicted octanol–water partition coefficient (Wildman–Crippen LogP) is 3.23. The van der Waals surface area contributed by atoms with Gasteiger partial charge in [-0.25, -0.2) is 0 Å². The molecule has 0 fully saturated rings. The highest BCUT2D eigenvalue weighted by Crippen LogP contribution is 2.08. The lowest BCUT2D eigenvalue weighted by Gasteiger charge is -2.26. The molecular weight excluding hydrogens is 162 g/mol. The Bertz CT molecular complexity index is 106. The summed E-state index contributed by atoms with van der Waals surface area (Å²) in [5.74, 6) is 0. The van der Waals surface area contributed by atoms with Crippen molar-refractivity contribution in [3.63, 3.8) is 0 Å². The van der Waals surface area contributed by atoms with E-state index in [0.29, 0.717) is 6.04 Å². The van der Waals surface area contributed by atoms with Gasteiger partial charge in [0.15, 0.2) is 0 Å². The van der Waals surface area contributed by atoms with Crippen molar-refractivity contribution >= 4 is 0 Å². The summed E-state index contributed by atoms with van der Waals surface area (Å²) in [5.41, 5.74) is 0. The van der Waals surface area contributed by atoms with Crippen LogP contribution in [-0.4, -0.2) is 24.3 Å². The molecule has 0 radical (unpaired) electrons. The first kappa shape index (κ1) is 12.9. The highest BCUT2D eigenvalue weighted by molar-refractivity contribution is 4.58. The van der Waals surface area contributed by atoms with E-state index >= 15 is 0 Å². The van der Waals surface area contributed by atoms with Crippen molar-refractivity contribution in [1.82, 2.24) is 5.06 Å². The first-order valence-corrected chi connectivity index (χ1v) is 5.65. The summed E-state index contributed by atoms with van der Waals surface area (Å²) in [5, 5.41) is 2.11. The van der Waals surface area contributed by atoms with Gasteiger partial charge in [-0.1, -0.05) is 33.6 Å². The molecule has 1 atom stereocenters. The smallest absolute Gasteiger partial charge is 0.0682 e. The van der Waals surface area contributed by atoms with E-state index in [0.717, 1.165) is 19.6 Å². The lowest BCUT2D eigenvalue weighted by atomic mass is 10.1. The molecule has 0 aliphatic rings. The van der Waals surface area contributed by atoms with Gasteiger partial charge < -0.3 is 0 Å². The molecule has 0 bridgehead atoms. The molecule has 2 nitrogen and oxygen atoms in total.